The summed E-state index contributed by atoms with van der Waals surface area (Å²) in [5, 5.41) is 0.340. The van der Waals surface area contributed by atoms with Crippen LogP contribution in [0.15, 0.2) is 84.9 Å². The van der Waals surface area contributed by atoms with E-state index in [2.05, 4.69) is 0 Å². The zero-order valence-electron chi connectivity index (χ0n) is 20.2. The molecule has 4 unspecified atom stereocenters. The molecule has 0 aromatic heterocycles. The van der Waals surface area contributed by atoms with Crippen molar-refractivity contribution >= 4 is 46.0 Å². The summed E-state index contributed by atoms with van der Waals surface area (Å²) in [4.78, 5) is 44.2. The van der Waals surface area contributed by atoms with Gasteiger partial charge in [0.1, 0.15) is 0 Å². The number of rotatable bonds is 5. The Morgan fingerprint density at radius 3 is 1.86 bits per heavy atom. The number of Topliss-reactive ketones (excluding diaryl/α,β-unsaturated/α-hetero) is 1. The molecule has 3 aromatic rings. The highest BCUT2D eigenvalue weighted by Gasteiger charge is 2.80. The summed E-state index contributed by atoms with van der Waals surface area (Å²) in [5.74, 6) is -2.22. The number of imide groups is 1. The smallest absolute Gasteiger partial charge is 0.239 e. The monoisotopic (exact) mass is 495 g/mol. The van der Waals surface area contributed by atoms with Gasteiger partial charge in [0.2, 0.25) is 11.8 Å². The van der Waals surface area contributed by atoms with E-state index in [4.69, 9.17) is 11.6 Å². The van der Waals surface area contributed by atoms with Crippen LogP contribution in [0.5, 0.6) is 0 Å². The maximum absolute atomic E-state index is 14.6. The van der Waals surface area contributed by atoms with Crippen LogP contribution in [0.4, 0.5) is 5.69 Å². The minimum atomic E-state index is -1.13. The third-order valence-electron chi connectivity index (χ3n) is 8.41. The number of amides is 2. The van der Waals surface area contributed by atoms with Crippen LogP contribution in [0.3, 0.4) is 0 Å². The molecule has 36 heavy (non-hydrogen) atoms. The number of nitrogens with zero attached hydrogens (tertiary/aromatic N) is 1. The van der Waals surface area contributed by atoms with E-state index in [0.29, 0.717) is 23.6 Å². The molecule has 2 fully saturated rings. The molecule has 3 aromatic carbocycles. The van der Waals surface area contributed by atoms with Crippen molar-refractivity contribution in [1.29, 1.82) is 0 Å². The number of hydrogen-bond acceptors (Lipinski definition) is 3. The highest BCUT2D eigenvalue weighted by molar-refractivity contribution is 6.38. The lowest BCUT2D eigenvalue weighted by atomic mass is 9.61. The summed E-state index contributed by atoms with van der Waals surface area (Å²) < 4.78 is 0. The van der Waals surface area contributed by atoms with Gasteiger partial charge in [-0.25, -0.2) is 4.90 Å². The van der Waals surface area contributed by atoms with Gasteiger partial charge in [-0.05, 0) is 47.8 Å². The van der Waals surface area contributed by atoms with Crippen molar-refractivity contribution in [3.8, 4) is 0 Å². The third-order valence-corrected chi connectivity index (χ3v) is 8.73. The highest BCUT2D eigenvalue weighted by atomic mass is 35.5. The van der Waals surface area contributed by atoms with Crippen molar-refractivity contribution in [2.75, 3.05) is 4.90 Å². The number of ketones is 1. The zero-order chi connectivity index (χ0) is 25.2. The first kappa shape index (κ1) is 22.9. The molecule has 6 rings (SSSR count). The van der Waals surface area contributed by atoms with Gasteiger partial charge in [0.15, 0.2) is 5.78 Å². The van der Waals surface area contributed by atoms with Gasteiger partial charge in [0.05, 0.1) is 33.4 Å². The average Bonchev–Trinajstić information content (AvgIpc) is 3.35. The number of para-hydroxylation sites is 1. The Labute approximate surface area is 215 Å². The molecule has 180 valence electrons. The van der Waals surface area contributed by atoms with Crippen molar-refractivity contribution in [3.63, 3.8) is 0 Å². The molecule has 0 N–H and O–H groups in total. The standard InChI is InChI=1S/C31H26ClNO3/c1-3-18-31-24(20-14-8-5-9-15-20)23(19-12-6-4-7-13-19)30(2,29(31)36)25-26(31)28(35)33(27(25)34)22-17-11-10-16-21(22)32/h4-17,25-26H,3,18H2,1-2H3. The zero-order valence-corrected chi connectivity index (χ0v) is 21.0. The second-order valence-electron chi connectivity index (χ2n) is 10.2. The number of fused-ring (bicyclic) bond motifs is 5. The Bertz CT molecular complexity index is 1450. The van der Waals surface area contributed by atoms with Gasteiger partial charge >= 0.3 is 0 Å². The predicted molar refractivity (Wildman–Crippen MR) is 141 cm³/mol. The van der Waals surface area contributed by atoms with Crippen LogP contribution >= 0.6 is 11.6 Å². The molecule has 5 heteroatoms. The Kier molecular flexibility index (Phi) is 5.10. The van der Waals surface area contributed by atoms with Crippen molar-refractivity contribution in [1.82, 2.24) is 0 Å². The largest absolute Gasteiger partial charge is 0.298 e. The molecule has 1 heterocycles. The number of carbonyl (C=O) groups is 3. The maximum Gasteiger partial charge on any atom is 0.239 e. The molecular formula is C31H26ClNO3. The molecule has 1 aliphatic heterocycles. The average molecular weight is 496 g/mol. The molecule has 4 atom stereocenters. The summed E-state index contributed by atoms with van der Waals surface area (Å²) in [5.41, 5.74) is 1.78. The van der Waals surface area contributed by atoms with Crippen molar-refractivity contribution in [2.24, 2.45) is 22.7 Å². The number of hydrogen-bond donors (Lipinski definition) is 0. The normalized spacial score (nSPS) is 28.9. The molecule has 2 bridgehead atoms. The molecule has 1 saturated heterocycles. The Morgan fingerprint density at radius 1 is 0.750 bits per heavy atom. The number of halogens is 1. The molecule has 2 amide bonds. The first-order valence-electron chi connectivity index (χ1n) is 12.4. The van der Waals surface area contributed by atoms with Crippen LogP contribution in [0.2, 0.25) is 5.02 Å². The summed E-state index contributed by atoms with van der Waals surface area (Å²) in [6.07, 6.45) is 1.20. The van der Waals surface area contributed by atoms with Crippen LogP contribution in [-0.2, 0) is 14.4 Å². The Hall–Kier alpha value is -3.50. The minimum Gasteiger partial charge on any atom is -0.298 e. The van der Waals surface area contributed by atoms with Crippen molar-refractivity contribution in [2.45, 2.75) is 26.7 Å². The van der Waals surface area contributed by atoms with Gasteiger partial charge in [-0.2, -0.15) is 0 Å². The molecule has 0 radical (unpaired) electrons. The summed E-state index contributed by atoms with van der Waals surface area (Å²) in [6.45, 7) is 3.91. The number of anilines is 1. The van der Waals surface area contributed by atoms with E-state index in [1.54, 1.807) is 24.3 Å². The van der Waals surface area contributed by atoms with Gasteiger partial charge in [0.25, 0.3) is 0 Å². The minimum absolute atomic E-state index is 0.00920. The summed E-state index contributed by atoms with van der Waals surface area (Å²) >= 11 is 6.46. The fourth-order valence-electron chi connectivity index (χ4n) is 7.23. The SMILES string of the molecule is CCCC12C(=O)C(C)(C(c3ccccc3)=C1c1ccccc1)C1C(=O)N(c3ccccc3Cl)C(=O)C12. The van der Waals surface area contributed by atoms with E-state index < -0.39 is 22.7 Å². The quantitative estimate of drug-likeness (QED) is 0.382. The van der Waals surface area contributed by atoms with Crippen molar-refractivity contribution < 1.29 is 14.4 Å². The Balaban J connectivity index is 1.67. The lowest BCUT2D eigenvalue weighted by molar-refractivity contribution is -0.134. The van der Waals surface area contributed by atoms with Gasteiger partial charge < -0.3 is 0 Å². The van der Waals surface area contributed by atoms with Gasteiger partial charge in [0, 0.05) is 0 Å². The van der Waals surface area contributed by atoms with Crippen LogP contribution in [0.1, 0.15) is 37.8 Å². The van der Waals surface area contributed by atoms with E-state index in [1.165, 1.54) is 4.90 Å². The summed E-state index contributed by atoms with van der Waals surface area (Å²) in [7, 11) is 0. The molecule has 4 nitrogen and oxygen atoms in total. The van der Waals surface area contributed by atoms with E-state index >= 15 is 0 Å². The maximum atomic E-state index is 14.6. The van der Waals surface area contributed by atoms with E-state index in [-0.39, 0.29) is 17.6 Å². The highest BCUT2D eigenvalue weighted by Crippen LogP contribution is 2.75. The molecule has 1 saturated carbocycles. The van der Waals surface area contributed by atoms with Gasteiger partial charge in [-0.1, -0.05) is 97.7 Å². The number of carbonyl (C=O) groups excluding carboxylic acids is 3. The molecular weight excluding hydrogens is 470 g/mol. The fraction of sp³-hybridized carbons (Fsp3) is 0.258. The first-order chi connectivity index (χ1) is 17.4. The molecule has 2 aliphatic carbocycles. The molecule has 0 spiro atoms. The van der Waals surface area contributed by atoms with Gasteiger partial charge in [-0.15, -0.1) is 0 Å². The third kappa shape index (κ3) is 2.68. The van der Waals surface area contributed by atoms with Crippen LogP contribution in [-0.4, -0.2) is 17.6 Å². The number of benzene rings is 3. The second-order valence-corrected chi connectivity index (χ2v) is 10.6. The molecule has 3 aliphatic rings. The van der Waals surface area contributed by atoms with Gasteiger partial charge in [-0.3, -0.25) is 14.4 Å². The number of allylic oxidation sites excluding steroid dienone is 2. The fourth-order valence-corrected chi connectivity index (χ4v) is 7.45. The van der Waals surface area contributed by atoms with Crippen molar-refractivity contribution in [3.05, 3.63) is 101 Å². The van der Waals surface area contributed by atoms with E-state index in [0.717, 1.165) is 22.3 Å². The topological polar surface area (TPSA) is 54.5 Å². The van der Waals surface area contributed by atoms with Crippen LogP contribution in [0.25, 0.3) is 11.1 Å². The Morgan fingerprint density at radius 2 is 1.28 bits per heavy atom. The van der Waals surface area contributed by atoms with E-state index in [9.17, 15) is 14.4 Å². The van der Waals surface area contributed by atoms with Crippen LogP contribution in [0, 0.1) is 22.7 Å². The summed E-state index contributed by atoms with van der Waals surface area (Å²) in [6, 6.07) is 26.6. The first-order valence-corrected chi connectivity index (χ1v) is 12.8. The predicted octanol–water partition coefficient (Wildman–Crippen LogP) is 6.45. The lowest BCUT2D eigenvalue weighted by Crippen LogP contribution is -2.41. The van der Waals surface area contributed by atoms with E-state index in [1.807, 2.05) is 74.5 Å². The second kappa shape index (κ2) is 8.01. The van der Waals surface area contributed by atoms with Crippen LogP contribution < -0.4 is 4.90 Å². The lowest BCUT2D eigenvalue weighted by Gasteiger charge is -2.37.